The van der Waals surface area contributed by atoms with Crippen LogP contribution < -0.4 is 15.4 Å². The third-order valence-electron chi connectivity index (χ3n) is 5.06. The Labute approximate surface area is 157 Å². The van der Waals surface area contributed by atoms with Gasteiger partial charge in [-0.2, -0.15) is 0 Å². The Hall–Kier alpha value is -2.89. The molecule has 3 rings (SSSR count). The number of carbonyl (C=O) groups excluding carboxylic acids is 2. The Balaban J connectivity index is 1.64. The van der Waals surface area contributed by atoms with Gasteiger partial charge in [-0.05, 0) is 61.7 Å². The first-order chi connectivity index (χ1) is 12.8. The predicted octanol–water partition coefficient (Wildman–Crippen LogP) is 3.35. The highest BCUT2D eigenvalue weighted by Crippen LogP contribution is 2.36. The summed E-state index contributed by atoms with van der Waals surface area (Å²) in [6.07, 6.45) is 0.483. The van der Waals surface area contributed by atoms with Gasteiger partial charge in [0, 0.05) is 12.2 Å². The Morgan fingerprint density at radius 2 is 1.93 bits per heavy atom. The highest BCUT2D eigenvalue weighted by atomic mass is 19.1. The van der Waals surface area contributed by atoms with Crippen LogP contribution in [-0.4, -0.2) is 25.5 Å². The molecule has 2 aromatic carbocycles. The molecule has 2 amide bonds. The maximum Gasteiger partial charge on any atom is 0.232 e. The van der Waals surface area contributed by atoms with Gasteiger partial charge in [-0.15, -0.1) is 0 Å². The molecule has 1 aliphatic rings. The van der Waals surface area contributed by atoms with Crippen molar-refractivity contribution in [3.63, 3.8) is 0 Å². The fourth-order valence-electron chi connectivity index (χ4n) is 3.27. The molecule has 1 aliphatic heterocycles. The fourth-order valence-corrected chi connectivity index (χ4v) is 3.27. The number of carbonyl (C=O) groups is 2. The summed E-state index contributed by atoms with van der Waals surface area (Å²) < 4.78 is 18.3. The van der Waals surface area contributed by atoms with E-state index in [1.165, 1.54) is 12.1 Å². The number of nitrogens with one attached hydrogen (secondary N) is 2. The molecule has 0 aromatic heterocycles. The van der Waals surface area contributed by atoms with Crippen molar-refractivity contribution in [2.45, 2.75) is 31.6 Å². The molecule has 6 heteroatoms. The van der Waals surface area contributed by atoms with Crippen molar-refractivity contribution >= 4 is 17.5 Å². The van der Waals surface area contributed by atoms with Crippen LogP contribution >= 0.6 is 0 Å². The summed E-state index contributed by atoms with van der Waals surface area (Å²) >= 11 is 0. The average molecular weight is 370 g/mol. The number of anilines is 1. The van der Waals surface area contributed by atoms with Crippen molar-refractivity contribution in [2.75, 3.05) is 19.0 Å². The molecule has 0 radical (unpaired) electrons. The summed E-state index contributed by atoms with van der Waals surface area (Å²) in [4.78, 5) is 24.9. The number of methoxy groups -OCH3 is 1. The van der Waals surface area contributed by atoms with E-state index in [2.05, 4.69) is 10.6 Å². The average Bonchev–Trinajstić information content (AvgIpc) is 2.96. The zero-order valence-electron chi connectivity index (χ0n) is 15.6. The van der Waals surface area contributed by atoms with Gasteiger partial charge in [0.2, 0.25) is 11.8 Å². The molecule has 142 valence electrons. The standard InChI is InChI=1S/C21H23FN2O3/c1-21(2,13-4-6-14(22)7-5-13)20(26)23-11-10-16-17-12-15(27-3)8-9-18(17)24-19(16)25/h4-9,12,16H,10-11H2,1-3H3,(H,23,26)(H,24,25)/t16-/m0/s1. The first-order valence-corrected chi connectivity index (χ1v) is 8.86. The molecule has 0 fully saturated rings. The molecule has 27 heavy (non-hydrogen) atoms. The second-order valence-electron chi connectivity index (χ2n) is 7.17. The number of fused-ring (bicyclic) bond motifs is 1. The minimum absolute atomic E-state index is 0.0784. The van der Waals surface area contributed by atoms with Gasteiger partial charge in [0.1, 0.15) is 11.6 Å². The SMILES string of the molecule is COc1ccc2c(c1)[C@H](CCNC(=O)C(C)(C)c1ccc(F)cc1)C(=O)N2. The lowest BCUT2D eigenvalue weighted by Crippen LogP contribution is -2.41. The summed E-state index contributed by atoms with van der Waals surface area (Å²) in [5.74, 6) is -0.221. The van der Waals surface area contributed by atoms with E-state index in [0.717, 1.165) is 16.8 Å². The Kier molecular flexibility index (Phi) is 5.17. The van der Waals surface area contributed by atoms with Crippen LogP contribution in [0.5, 0.6) is 5.75 Å². The number of rotatable bonds is 6. The Bertz CT molecular complexity index is 862. The fraction of sp³-hybridized carbons (Fsp3) is 0.333. The number of hydrogen-bond donors (Lipinski definition) is 2. The largest absolute Gasteiger partial charge is 0.497 e. The van der Waals surface area contributed by atoms with Crippen molar-refractivity contribution in [1.29, 1.82) is 0 Å². The van der Waals surface area contributed by atoms with E-state index in [1.54, 1.807) is 39.2 Å². The molecule has 1 heterocycles. The molecule has 0 unspecified atom stereocenters. The molecule has 0 saturated carbocycles. The lowest BCUT2D eigenvalue weighted by atomic mass is 9.83. The van der Waals surface area contributed by atoms with Crippen LogP contribution in [0.3, 0.4) is 0 Å². The quantitative estimate of drug-likeness (QED) is 0.819. The molecule has 0 saturated heterocycles. The number of hydrogen-bond acceptors (Lipinski definition) is 3. The smallest absolute Gasteiger partial charge is 0.232 e. The van der Waals surface area contributed by atoms with Crippen LogP contribution in [-0.2, 0) is 15.0 Å². The van der Waals surface area contributed by atoms with E-state index in [4.69, 9.17) is 4.74 Å². The van der Waals surface area contributed by atoms with Crippen LogP contribution in [0.4, 0.5) is 10.1 Å². The van der Waals surface area contributed by atoms with Crippen LogP contribution in [0.25, 0.3) is 0 Å². The van der Waals surface area contributed by atoms with Crippen LogP contribution in [0.2, 0.25) is 0 Å². The zero-order valence-corrected chi connectivity index (χ0v) is 15.6. The lowest BCUT2D eigenvalue weighted by molar-refractivity contribution is -0.126. The number of benzene rings is 2. The normalized spacial score (nSPS) is 15.9. The third-order valence-corrected chi connectivity index (χ3v) is 5.06. The van der Waals surface area contributed by atoms with Gasteiger partial charge in [-0.3, -0.25) is 9.59 Å². The first-order valence-electron chi connectivity index (χ1n) is 8.86. The van der Waals surface area contributed by atoms with Crippen molar-refractivity contribution in [1.82, 2.24) is 5.32 Å². The first kappa shape index (κ1) is 18.9. The molecule has 0 aliphatic carbocycles. The summed E-state index contributed by atoms with van der Waals surface area (Å²) in [7, 11) is 1.58. The highest BCUT2D eigenvalue weighted by molar-refractivity contribution is 6.03. The zero-order chi connectivity index (χ0) is 19.6. The second-order valence-corrected chi connectivity index (χ2v) is 7.17. The van der Waals surface area contributed by atoms with Gasteiger partial charge in [0.05, 0.1) is 18.4 Å². The van der Waals surface area contributed by atoms with E-state index in [9.17, 15) is 14.0 Å². The molecule has 0 bridgehead atoms. The van der Waals surface area contributed by atoms with Crippen molar-refractivity contribution in [2.24, 2.45) is 0 Å². The second kappa shape index (κ2) is 7.39. The molecule has 2 N–H and O–H groups in total. The molecular formula is C21H23FN2O3. The summed E-state index contributed by atoms with van der Waals surface area (Å²) in [5, 5.41) is 5.75. The van der Waals surface area contributed by atoms with Gasteiger partial charge >= 0.3 is 0 Å². The van der Waals surface area contributed by atoms with E-state index in [0.29, 0.717) is 18.7 Å². The summed E-state index contributed by atoms with van der Waals surface area (Å²) in [6.45, 7) is 3.94. The van der Waals surface area contributed by atoms with Crippen LogP contribution in [0, 0.1) is 5.82 Å². The summed E-state index contributed by atoms with van der Waals surface area (Å²) in [6, 6.07) is 11.4. The minimum atomic E-state index is -0.799. The van der Waals surface area contributed by atoms with E-state index in [1.807, 2.05) is 12.1 Å². The number of amides is 2. The van der Waals surface area contributed by atoms with E-state index >= 15 is 0 Å². The Morgan fingerprint density at radius 1 is 1.22 bits per heavy atom. The monoisotopic (exact) mass is 370 g/mol. The predicted molar refractivity (Wildman–Crippen MR) is 101 cm³/mol. The van der Waals surface area contributed by atoms with Crippen LogP contribution in [0.1, 0.15) is 37.3 Å². The number of halogens is 1. The maximum absolute atomic E-state index is 13.1. The van der Waals surface area contributed by atoms with Gasteiger partial charge in [0.15, 0.2) is 0 Å². The highest BCUT2D eigenvalue weighted by Gasteiger charge is 2.32. The molecule has 2 aromatic rings. The third kappa shape index (κ3) is 3.79. The van der Waals surface area contributed by atoms with Crippen LogP contribution in [0.15, 0.2) is 42.5 Å². The van der Waals surface area contributed by atoms with E-state index in [-0.39, 0.29) is 23.5 Å². The van der Waals surface area contributed by atoms with E-state index < -0.39 is 5.41 Å². The van der Waals surface area contributed by atoms with Gasteiger partial charge < -0.3 is 15.4 Å². The van der Waals surface area contributed by atoms with Crippen molar-refractivity contribution in [3.05, 3.63) is 59.4 Å². The Morgan fingerprint density at radius 3 is 2.59 bits per heavy atom. The topological polar surface area (TPSA) is 67.4 Å². The summed E-state index contributed by atoms with van der Waals surface area (Å²) in [5.41, 5.74) is 1.59. The number of ether oxygens (including phenoxy) is 1. The lowest BCUT2D eigenvalue weighted by Gasteiger charge is -2.24. The molecule has 1 atom stereocenters. The van der Waals surface area contributed by atoms with Crippen molar-refractivity contribution < 1.29 is 18.7 Å². The van der Waals surface area contributed by atoms with Crippen molar-refractivity contribution in [3.8, 4) is 5.75 Å². The van der Waals surface area contributed by atoms with Gasteiger partial charge in [0.25, 0.3) is 0 Å². The molecule has 0 spiro atoms. The minimum Gasteiger partial charge on any atom is -0.497 e. The maximum atomic E-state index is 13.1. The molecule has 5 nitrogen and oxygen atoms in total. The molecular weight excluding hydrogens is 347 g/mol. The van der Waals surface area contributed by atoms with Gasteiger partial charge in [-0.25, -0.2) is 4.39 Å². The van der Waals surface area contributed by atoms with Gasteiger partial charge in [-0.1, -0.05) is 12.1 Å².